The van der Waals surface area contributed by atoms with Gasteiger partial charge in [0.15, 0.2) is 0 Å². The first kappa shape index (κ1) is 740. The molecular formula is H4CrO4. The second kappa shape index (κ2) is 358. The molecular weight excluding hydrogens is 116 g/mol. The summed E-state index contributed by atoms with van der Waals surface area (Å²) in [6.07, 6.45) is 0. The van der Waals surface area contributed by atoms with E-state index in [-0.39, 0.29) is 39.3 Å². The van der Waals surface area contributed by atoms with Crippen LogP contribution in [-0.2, 0) is 17.4 Å². The van der Waals surface area contributed by atoms with Crippen LogP contribution in [0, 0.1) is 0 Å². The summed E-state index contributed by atoms with van der Waals surface area (Å²) in [4.78, 5) is 0. The summed E-state index contributed by atoms with van der Waals surface area (Å²) in [7, 11) is 0. The molecule has 0 aromatic rings. The van der Waals surface area contributed by atoms with Crippen molar-refractivity contribution in [2.24, 2.45) is 0 Å². The van der Waals surface area contributed by atoms with Gasteiger partial charge in [-0.25, -0.2) is 0 Å². The van der Waals surface area contributed by atoms with E-state index in [2.05, 4.69) is 0 Å². The van der Waals surface area contributed by atoms with Crippen LogP contribution in [0.15, 0.2) is 0 Å². The fourth-order valence-electron chi connectivity index (χ4n) is 0. The molecule has 4 N–H and O–H groups in total. The summed E-state index contributed by atoms with van der Waals surface area (Å²) in [6.45, 7) is 0. The zero-order chi connectivity index (χ0) is 0. The van der Waals surface area contributed by atoms with Crippen molar-refractivity contribution in [2.75, 3.05) is 0 Å². The third-order valence-corrected chi connectivity index (χ3v) is 0. The van der Waals surface area contributed by atoms with Gasteiger partial charge in [0.25, 0.3) is 0 Å². The van der Waals surface area contributed by atoms with Crippen molar-refractivity contribution in [1.82, 2.24) is 0 Å². The average molecular weight is 120 g/mol. The Balaban J connectivity index is 0. The maximum atomic E-state index is 0. The van der Waals surface area contributed by atoms with Crippen molar-refractivity contribution in [2.45, 2.75) is 0 Å². The minimum Gasteiger partial charge on any atom is -0.870 e. The Morgan fingerprint density at radius 1 is 0.400 bits per heavy atom. The molecule has 0 aliphatic rings. The first-order valence-corrected chi connectivity index (χ1v) is 0. The van der Waals surface area contributed by atoms with Gasteiger partial charge in [0.2, 0.25) is 0 Å². The molecule has 0 radical (unpaired) electrons. The predicted molar refractivity (Wildman–Crippen MR) is 7.74 cm³/mol. The van der Waals surface area contributed by atoms with Crippen molar-refractivity contribution in [3.8, 4) is 0 Å². The Bertz CT molecular complexity index is 3.61. The van der Waals surface area contributed by atoms with Crippen molar-refractivity contribution >= 4 is 0 Å². The maximum Gasteiger partial charge on any atom is 4.00 e. The molecule has 0 fully saturated rings. The zero-order valence-corrected chi connectivity index (χ0v) is 3.47. The first-order valence-electron chi connectivity index (χ1n) is 0. The van der Waals surface area contributed by atoms with Gasteiger partial charge in [-0.2, -0.15) is 0 Å². The van der Waals surface area contributed by atoms with E-state index in [1.165, 1.54) is 0 Å². The van der Waals surface area contributed by atoms with Gasteiger partial charge in [-0.3, -0.25) is 0 Å². The minimum atomic E-state index is 0. The summed E-state index contributed by atoms with van der Waals surface area (Å²) in [5.41, 5.74) is 0. The third-order valence-electron chi connectivity index (χ3n) is 0. The van der Waals surface area contributed by atoms with Crippen LogP contribution in [-0.4, -0.2) is 21.9 Å². The molecule has 0 aromatic carbocycles. The number of hydrogen-bond donors (Lipinski definition) is 0. The normalized spacial score (nSPS) is 0. The van der Waals surface area contributed by atoms with Gasteiger partial charge in [0.1, 0.15) is 0 Å². The van der Waals surface area contributed by atoms with Crippen molar-refractivity contribution < 1.29 is 39.3 Å². The van der Waals surface area contributed by atoms with E-state index < -0.39 is 0 Å². The molecule has 0 saturated heterocycles. The molecule has 0 saturated carbocycles. The molecule has 0 unspecified atom stereocenters. The molecule has 5 heteroatoms. The van der Waals surface area contributed by atoms with Gasteiger partial charge in [0, 0.05) is 0 Å². The van der Waals surface area contributed by atoms with Gasteiger partial charge >= 0.3 is 17.4 Å². The SMILES string of the molecule is [Cr+4].[OH-].[OH-].[OH-].[OH-]. The van der Waals surface area contributed by atoms with Gasteiger partial charge < -0.3 is 21.9 Å². The Kier molecular flexibility index (Phi) is 53100. The number of hydrogen-bond acceptors (Lipinski definition) is 4. The van der Waals surface area contributed by atoms with Crippen LogP contribution < -0.4 is 0 Å². The second-order valence-electron chi connectivity index (χ2n) is 0. The monoisotopic (exact) mass is 120 g/mol. The summed E-state index contributed by atoms with van der Waals surface area (Å²) in [5, 5.41) is 0. The fourth-order valence-corrected chi connectivity index (χ4v) is 0. The summed E-state index contributed by atoms with van der Waals surface area (Å²) in [6, 6.07) is 0. The minimum absolute atomic E-state index is 0. The number of rotatable bonds is 0. The Morgan fingerprint density at radius 2 is 0.400 bits per heavy atom. The molecule has 0 bridgehead atoms. The van der Waals surface area contributed by atoms with Crippen molar-refractivity contribution in [3.63, 3.8) is 0 Å². The fraction of sp³-hybridized carbons (Fsp3) is 0. The second-order valence-corrected chi connectivity index (χ2v) is 0. The summed E-state index contributed by atoms with van der Waals surface area (Å²) in [5.74, 6) is 0. The molecule has 0 aliphatic heterocycles. The molecule has 5 heavy (non-hydrogen) atoms. The van der Waals surface area contributed by atoms with Gasteiger partial charge in [-0.1, -0.05) is 0 Å². The molecule has 0 atom stereocenters. The molecule has 0 aliphatic carbocycles. The van der Waals surface area contributed by atoms with Crippen LogP contribution >= 0.6 is 0 Å². The summed E-state index contributed by atoms with van der Waals surface area (Å²) < 4.78 is 0. The summed E-state index contributed by atoms with van der Waals surface area (Å²) >= 11 is 0. The van der Waals surface area contributed by atoms with E-state index in [4.69, 9.17) is 0 Å². The van der Waals surface area contributed by atoms with Gasteiger partial charge in [0.05, 0.1) is 0 Å². The van der Waals surface area contributed by atoms with Crippen LogP contribution in [0.1, 0.15) is 0 Å². The van der Waals surface area contributed by atoms with Crippen LogP contribution in [0.5, 0.6) is 0 Å². The van der Waals surface area contributed by atoms with Crippen LogP contribution in [0.25, 0.3) is 0 Å². The molecule has 0 heterocycles. The quantitative estimate of drug-likeness (QED) is 0.419. The molecule has 4 nitrogen and oxygen atoms in total. The standard InChI is InChI=1S/Cr.4H2O/h;4*1H2/q+4;;;;/p-4. The average Bonchev–Trinajstić information content (AvgIpc) is 0. The van der Waals surface area contributed by atoms with Crippen LogP contribution in [0.4, 0.5) is 0 Å². The largest absolute Gasteiger partial charge is 4.00 e. The maximum absolute atomic E-state index is 0. The van der Waals surface area contributed by atoms with Gasteiger partial charge in [-0.05, 0) is 0 Å². The Morgan fingerprint density at radius 3 is 0.400 bits per heavy atom. The van der Waals surface area contributed by atoms with Crippen LogP contribution in [0.3, 0.4) is 0 Å². The molecule has 0 rings (SSSR count). The topological polar surface area (TPSA) is 120 Å². The molecule has 0 aromatic heterocycles. The third kappa shape index (κ3) is 177. The molecule has 0 amide bonds. The van der Waals surface area contributed by atoms with E-state index in [0.29, 0.717) is 0 Å². The van der Waals surface area contributed by atoms with E-state index in [0.717, 1.165) is 0 Å². The van der Waals surface area contributed by atoms with Crippen LogP contribution in [0.2, 0.25) is 0 Å². The zero-order valence-electron chi connectivity index (χ0n) is 2.20. The molecule has 34 valence electrons. The van der Waals surface area contributed by atoms with E-state index in [9.17, 15) is 0 Å². The predicted octanol–water partition coefficient (Wildman–Crippen LogP) is -0.710. The van der Waals surface area contributed by atoms with Gasteiger partial charge in [-0.15, -0.1) is 0 Å². The van der Waals surface area contributed by atoms with Crippen molar-refractivity contribution in [1.29, 1.82) is 0 Å². The molecule has 0 spiro atoms. The van der Waals surface area contributed by atoms with E-state index in [1.54, 1.807) is 0 Å². The van der Waals surface area contributed by atoms with Crippen molar-refractivity contribution in [3.05, 3.63) is 0 Å². The first-order chi connectivity index (χ1) is 0. The smallest absolute Gasteiger partial charge is 0.870 e. The Labute approximate surface area is 40.2 Å². The van der Waals surface area contributed by atoms with E-state index >= 15 is 0 Å². The Hall–Kier alpha value is 0.372. The van der Waals surface area contributed by atoms with E-state index in [1.807, 2.05) is 0 Å².